The molecule has 1 heterocycles. The van der Waals surface area contributed by atoms with Crippen LogP contribution in [0.15, 0.2) is 9.95 Å². The van der Waals surface area contributed by atoms with Gasteiger partial charge in [0, 0.05) is 13.1 Å². The van der Waals surface area contributed by atoms with E-state index >= 15 is 0 Å². The second kappa shape index (κ2) is 6.27. The van der Waals surface area contributed by atoms with Gasteiger partial charge in [-0.25, -0.2) is 9.89 Å². The number of carbonyl (C=O) groups is 1. The Balaban J connectivity index is 1.81. The molecule has 1 aromatic rings. The second-order valence-electron chi connectivity index (χ2n) is 5.09. The van der Waals surface area contributed by atoms with E-state index < -0.39 is 0 Å². The maximum atomic E-state index is 11.9. The molecule has 1 aliphatic carbocycles. The Hall–Kier alpha value is -1.24. The van der Waals surface area contributed by atoms with Gasteiger partial charge in [-0.2, -0.15) is 0 Å². The van der Waals surface area contributed by atoms with Gasteiger partial charge in [0.25, 0.3) is 0 Å². The van der Waals surface area contributed by atoms with Gasteiger partial charge in [-0.05, 0) is 18.8 Å². The van der Waals surface area contributed by atoms with Crippen molar-refractivity contribution < 1.29 is 4.79 Å². The number of aromatic nitrogens is 3. The predicted molar refractivity (Wildman–Crippen MR) is 74.1 cm³/mol. The van der Waals surface area contributed by atoms with Crippen LogP contribution in [0.2, 0.25) is 0 Å². The lowest BCUT2D eigenvalue weighted by Gasteiger charge is -2.29. The topological polar surface area (TPSA) is 79.8 Å². The van der Waals surface area contributed by atoms with Gasteiger partial charge in [0.15, 0.2) is 5.16 Å². The van der Waals surface area contributed by atoms with Gasteiger partial charge in [-0.1, -0.05) is 31.5 Å². The molecule has 2 atom stereocenters. The minimum absolute atomic E-state index is 0.0131. The van der Waals surface area contributed by atoms with E-state index in [1.54, 1.807) is 7.05 Å². The second-order valence-corrected chi connectivity index (χ2v) is 6.04. The van der Waals surface area contributed by atoms with E-state index in [0.717, 1.165) is 6.42 Å². The van der Waals surface area contributed by atoms with Crippen molar-refractivity contribution in [1.29, 1.82) is 0 Å². The van der Waals surface area contributed by atoms with Crippen LogP contribution in [0.25, 0.3) is 0 Å². The van der Waals surface area contributed by atoms with Crippen LogP contribution in [-0.2, 0) is 11.8 Å². The summed E-state index contributed by atoms with van der Waals surface area (Å²) >= 11 is 1.27. The fourth-order valence-electron chi connectivity index (χ4n) is 2.37. The molecule has 0 radical (unpaired) electrons. The molecule has 0 unspecified atom stereocenters. The predicted octanol–water partition coefficient (Wildman–Crippen LogP) is 0.895. The van der Waals surface area contributed by atoms with Gasteiger partial charge in [0.1, 0.15) is 0 Å². The van der Waals surface area contributed by atoms with Crippen molar-refractivity contribution in [3.05, 3.63) is 10.5 Å². The summed E-state index contributed by atoms with van der Waals surface area (Å²) in [6.07, 6.45) is 4.71. The van der Waals surface area contributed by atoms with Crippen LogP contribution in [0.5, 0.6) is 0 Å². The third kappa shape index (κ3) is 3.62. The monoisotopic (exact) mass is 284 g/mol. The lowest BCUT2D eigenvalue weighted by molar-refractivity contribution is -0.119. The first-order valence-corrected chi connectivity index (χ1v) is 7.60. The summed E-state index contributed by atoms with van der Waals surface area (Å²) in [6, 6.07) is 0.296. The van der Waals surface area contributed by atoms with Crippen LogP contribution in [0.3, 0.4) is 0 Å². The van der Waals surface area contributed by atoms with E-state index in [1.165, 1.54) is 35.6 Å². The van der Waals surface area contributed by atoms with Crippen molar-refractivity contribution in [3.8, 4) is 0 Å². The number of nitrogens with zero attached hydrogens (tertiary/aromatic N) is 2. The Morgan fingerprint density at radius 2 is 2.26 bits per heavy atom. The van der Waals surface area contributed by atoms with Crippen molar-refractivity contribution in [3.63, 3.8) is 0 Å². The van der Waals surface area contributed by atoms with Gasteiger partial charge >= 0.3 is 5.69 Å². The SMILES string of the molecule is C[C@H]1CCCC[C@H]1NC(=O)CSc1n[nH]c(=O)n1C. The highest BCUT2D eigenvalue weighted by atomic mass is 32.2. The highest BCUT2D eigenvalue weighted by molar-refractivity contribution is 7.99. The van der Waals surface area contributed by atoms with Gasteiger partial charge in [0.05, 0.1) is 5.75 Å². The standard InChI is InChI=1S/C12H20N4O2S/c1-8-5-3-4-6-9(8)13-10(17)7-19-12-15-14-11(18)16(12)2/h8-9H,3-7H2,1-2H3,(H,13,17)(H,14,18)/t8-,9+/m0/s1. The molecule has 2 rings (SSSR count). The summed E-state index contributed by atoms with van der Waals surface area (Å²) < 4.78 is 1.40. The third-order valence-electron chi connectivity index (χ3n) is 3.63. The lowest BCUT2D eigenvalue weighted by Crippen LogP contribution is -2.41. The molecule has 1 saturated carbocycles. The maximum absolute atomic E-state index is 11.9. The number of hydrogen-bond donors (Lipinski definition) is 2. The fraction of sp³-hybridized carbons (Fsp3) is 0.750. The van der Waals surface area contributed by atoms with Crippen LogP contribution < -0.4 is 11.0 Å². The molecular formula is C12H20N4O2S. The van der Waals surface area contributed by atoms with Crippen LogP contribution in [0.1, 0.15) is 32.6 Å². The Morgan fingerprint density at radius 1 is 1.53 bits per heavy atom. The first kappa shape index (κ1) is 14.2. The van der Waals surface area contributed by atoms with Crippen LogP contribution >= 0.6 is 11.8 Å². The van der Waals surface area contributed by atoms with Crippen LogP contribution in [-0.4, -0.2) is 32.5 Å². The molecular weight excluding hydrogens is 264 g/mol. The molecule has 1 aliphatic rings. The zero-order valence-corrected chi connectivity index (χ0v) is 12.1. The summed E-state index contributed by atoms with van der Waals surface area (Å²) in [5, 5.41) is 9.83. The quantitative estimate of drug-likeness (QED) is 0.805. The van der Waals surface area contributed by atoms with E-state index in [0.29, 0.717) is 22.9 Å². The van der Waals surface area contributed by atoms with E-state index in [1.807, 2.05) is 0 Å². The first-order valence-electron chi connectivity index (χ1n) is 6.61. The van der Waals surface area contributed by atoms with Gasteiger partial charge in [-0.3, -0.25) is 9.36 Å². The van der Waals surface area contributed by atoms with Crippen molar-refractivity contribution in [2.75, 3.05) is 5.75 Å². The van der Waals surface area contributed by atoms with E-state index in [9.17, 15) is 9.59 Å². The van der Waals surface area contributed by atoms with E-state index in [2.05, 4.69) is 22.4 Å². The minimum Gasteiger partial charge on any atom is -0.352 e. The Bertz CT molecular complexity index is 496. The Morgan fingerprint density at radius 3 is 2.89 bits per heavy atom. The molecule has 7 heteroatoms. The molecule has 0 aliphatic heterocycles. The van der Waals surface area contributed by atoms with Crippen LogP contribution in [0.4, 0.5) is 0 Å². The number of hydrogen-bond acceptors (Lipinski definition) is 4. The molecule has 19 heavy (non-hydrogen) atoms. The minimum atomic E-state index is -0.260. The number of carbonyl (C=O) groups excluding carboxylic acids is 1. The average Bonchev–Trinajstić information content (AvgIpc) is 2.70. The summed E-state index contributed by atoms with van der Waals surface area (Å²) in [6.45, 7) is 2.19. The lowest BCUT2D eigenvalue weighted by atomic mass is 9.86. The van der Waals surface area contributed by atoms with Crippen molar-refractivity contribution in [2.45, 2.75) is 43.8 Å². The molecule has 0 bridgehead atoms. The molecule has 0 spiro atoms. The van der Waals surface area contributed by atoms with Crippen molar-refractivity contribution >= 4 is 17.7 Å². The van der Waals surface area contributed by atoms with Crippen molar-refractivity contribution in [1.82, 2.24) is 20.1 Å². The van der Waals surface area contributed by atoms with E-state index in [4.69, 9.17) is 0 Å². The number of aromatic amines is 1. The molecule has 1 aromatic heterocycles. The normalized spacial score (nSPS) is 23.3. The third-order valence-corrected chi connectivity index (χ3v) is 4.66. The molecule has 6 nitrogen and oxygen atoms in total. The smallest absolute Gasteiger partial charge is 0.343 e. The van der Waals surface area contributed by atoms with Gasteiger partial charge < -0.3 is 5.32 Å². The number of amides is 1. The first-order chi connectivity index (χ1) is 9.08. The number of nitrogens with one attached hydrogen (secondary N) is 2. The largest absolute Gasteiger partial charge is 0.352 e. The van der Waals surface area contributed by atoms with Gasteiger partial charge in [0.2, 0.25) is 5.91 Å². The highest BCUT2D eigenvalue weighted by Gasteiger charge is 2.22. The molecule has 1 fully saturated rings. The highest BCUT2D eigenvalue weighted by Crippen LogP contribution is 2.23. The molecule has 0 aromatic carbocycles. The summed E-state index contributed by atoms with van der Waals surface area (Å²) in [7, 11) is 1.63. The Labute approximate surface area is 116 Å². The molecule has 1 amide bonds. The molecule has 106 valence electrons. The number of rotatable bonds is 4. The van der Waals surface area contributed by atoms with Crippen LogP contribution in [0, 0.1) is 5.92 Å². The summed E-state index contributed by atoms with van der Waals surface area (Å²) in [5.41, 5.74) is -0.260. The number of H-pyrrole nitrogens is 1. The summed E-state index contributed by atoms with van der Waals surface area (Å²) in [5.74, 6) is 0.859. The van der Waals surface area contributed by atoms with Gasteiger partial charge in [-0.15, -0.1) is 5.10 Å². The maximum Gasteiger partial charge on any atom is 0.343 e. The number of thioether (sulfide) groups is 1. The van der Waals surface area contributed by atoms with Crippen molar-refractivity contribution in [2.24, 2.45) is 13.0 Å². The average molecular weight is 284 g/mol. The zero-order valence-electron chi connectivity index (χ0n) is 11.3. The van der Waals surface area contributed by atoms with E-state index in [-0.39, 0.29) is 11.6 Å². The Kier molecular flexibility index (Phi) is 4.68. The zero-order chi connectivity index (χ0) is 13.8. The summed E-state index contributed by atoms with van der Waals surface area (Å²) in [4.78, 5) is 23.1. The fourth-order valence-corrected chi connectivity index (χ4v) is 3.10. The molecule has 0 saturated heterocycles. The molecule has 2 N–H and O–H groups in total.